The number of carbonyl (C=O) groups is 1. The summed E-state index contributed by atoms with van der Waals surface area (Å²) in [6.45, 7) is 4.52. The summed E-state index contributed by atoms with van der Waals surface area (Å²) in [6, 6.07) is 6.35. The number of halogens is 1. The predicted molar refractivity (Wildman–Crippen MR) is 82.5 cm³/mol. The van der Waals surface area contributed by atoms with Crippen LogP contribution in [0.4, 0.5) is 0 Å². The highest BCUT2D eigenvalue weighted by Crippen LogP contribution is 2.21. The average Bonchev–Trinajstić information content (AvgIpc) is 2.51. The molecule has 5 heteroatoms. The van der Waals surface area contributed by atoms with Crippen molar-refractivity contribution in [2.75, 3.05) is 26.9 Å². The monoisotopic (exact) mass is 311 g/mol. The van der Waals surface area contributed by atoms with Gasteiger partial charge in [0.1, 0.15) is 0 Å². The van der Waals surface area contributed by atoms with Crippen LogP contribution >= 0.6 is 11.6 Å². The first-order valence-corrected chi connectivity index (χ1v) is 7.61. The second-order valence-corrected chi connectivity index (χ2v) is 5.82. The van der Waals surface area contributed by atoms with E-state index in [0.29, 0.717) is 12.6 Å². The minimum atomic E-state index is -0.202. The van der Waals surface area contributed by atoms with Gasteiger partial charge in [0, 0.05) is 30.8 Å². The maximum atomic E-state index is 11.7. The van der Waals surface area contributed by atoms with Crippen LogP contribution in [0.25, 0.3) is 0 Å². The lowest BCUT2D eigenvalue weighted by Gasteiger charge is -2.33. The zero-order chi connectivity index (χ0) is 15.2. The Bertz CT molecular complexity index is 486. The number of esters is 1. The first-order chi connectivity index (χ1) is 10.1. The van der Waals surface area contributed by atoms with Gasteiger partial charge >= 0.3 is 5.97 Å². The molecule has 2 rings (SSSR count). The van der Waals surface area contributed by atoms with Crippen LogP contribution in [0, 0.1) is 6.92 Å². The van der Waals surface area contributed by atoms with Gasteiger partial charge in [0.25, 0.3) is 0 Å². The number of aryl methyl sites for hydroxylation is 1. The fourth-order valence-electron chi connectivity index (χ4n) is 2.63. The fraction of sp³-hybridized carbons (Fsp3) is 0.562. The molecule has 0 N–H and O–H groups in total. The van der Waals surface area contributed by atoms with Gasteiger partial charge in [-0.1, -0.05) is 23.7 Å². The van der Waals surface area contributed by atoms with Crippen molar-refractivity contribution in [1.82, 2.24) is 4.90 Å². The van der Waals surface area contributed by atoms with Crippen molar-refractivity contribution in [3.8, 4) is 0 Å². The molecule has 0 atom stereocenters. The Kier molecular flexibility index (Phi) is 6.03. The molecule has 0 aromatic heterocycles. The molecule has 0 unspecified atom stereocenters. The SMILES string of the molecule is COC(=O)CN(Cc1ccc(Cl)c(C)c1)C1CCOCC1. The minimum Gasteiger partial charge on any atom is -0.468 e. The van der Waals surface area contributed by atoms with Crippen LogP contribution in [0.1, 0.15) is 24.0 Å². The van der Waals surface area contributed by atoms with Gasteiger partial charge in [-0.05, 0) is 37.0 Å². The minimum absolute atomic E-state index is 0.202. The molecule has 1 fully saturated rings. The number of rotatable bonds is 5. The molecule has 116 valence electrons. The van der Waals surface area contributed by atoms with Crippen LogP contribution in [0.5, 0.6) is 0 Å². The summed E-state index contributed by atoms with van der Waals surface area (Å²) >= 11 is 6.07. The molecule has 0 saturated carbocycles. The zero-order valence-electron chi connectivity index (χ0n) is 12.6. The van der Waals surface area contributed by atoms with E-state index in [1.165, 1.54) is 7.11 Å². The molecule has 0 amide bonds. The lowest BCUT2D eigenvalue weighted by atomic mass is 10.0. The highest BCUT2D eigenvalue weighted by atomic mass is 35.5. The second kappa shape index (κ2) is 7.78. The summed E-state index contributed by atoms with van der Waals surface area (Å²) < 4.78 is 10.2. The Morgan fingerprint density at radius 2 is 2.14 bits per heavy atom. The van der Waals surface area contributed by atoms with E-state index in [1.54, 1.807) is 0 Å². The first kappa shape index (κ1) is 16.3. The molecule has 21 heavy (non-hydrogen) atoms. The maximum Gasteiger partial charge on any atom is 0.319 e. The number of ether oxygens (including phenoxy) is 2. The van der Waals surface area contributed by atoms with E-state index in [4.69, 9.17) is 21.1 Å². The quantitative estimate of drug-likeness (QED) is 0.784. The van der Waals surface area contributed by atoms with Gasteiger partial charge in [-0.3, -0.25) is 9.69 Å². The molecule has 0 aliphatic carbocycles. The lowest BCUT2D eigenvalue weighted by molar-refractivity contribution is -0.143. The summed E-state index contributed by atoms with van der Waals surface area (Å²) in [5, 5.41) is 0.768. The number of nitrogens with zero attached hydrogens (tertiary/aromatic N) is 1. The van der Waals surface area contributed by atoms with Crippen LogP contribution in [0.2, 0.25) is 5.02 Å². The van der Waals surface area contributed by atoms with Crippen LogP contribution in [0.15, 0.2) is 18.2 Å². The van der Waals surface area contributed by atoms with Gasteiger partial charge < -0.3 is 9.47 Å². The van der Waals surface area contributed by atoms with Gasteiger partial charge in [0.15, 0.2) is 0 Å². The standard InChI is InChI=1S/C16H22ClNO3/c1-12-9-13(3-4-15(12)17)10-18(11-16(19)20-2)14-5-7-21-8-6-14/h3-4,9,14H,5-8,10-11H2,1-2H3. The summed E-state index contributed by atoms with van der Waals surface area (Å²) in [7, 11) is 1.43. The molecular formula is C16H22ClNO3. The second-order valence-electron chi connectivity index (χ2n) is 5.41. The Labute approximate surface area is 131 Å². The number of carbonyl (C=O) groups excluding carboxylic acids is 1. The topological polar surface area (TPSA) is 38.8 Å². The molecular weight excluding hydrogens is 290 g/mol. The third kappa shape index (κ3) is 4.70. The van der Waals surface area contributed by atoms with Crippen LogP contribution in [-0.4, -0.2) is 43.8 Å². The Balaban J connectivity index is 2.09. The fourth-order valence-corrected chi connectivity index (χ4v) is 2.75. The molecule has 1 aromatic carbocycles. The number of benzene rings is 1. The molecule has 1 heterocycles. The van der Waals surface area contributed by atoms with Crippen molar-refractivity contribution in [3.05, 3.63) is 34.3 Å². The third-order valence-corrected chi connectivity index (χ3v) is 4.30. The highest BCUT2D eigenvalue weighted by molar-refractivity contribution is 6.31. The van der Waals surface area contributed by atoms with E-state index in [9.17, 15) is 4.79 Å². The van der Waals surface area contributed by atoms with Crippen molar-refractivity contribution in [3.63, 3.8) is 0 Å². The molecule has 0 spiro atoms. The molecule has 1 aliphatic heterocycles. The molecule has 4 nitrogen and oxygen atoms in total. The molecule has 1 aromatic rings. The van der Waals surface area contributed by atoms with Gasteiger partial charge in [-0.25, -0.2) is 0 Å². The number of methoxy groups -OCH3 is 1. The first-order valence-electron chi connectivity index (χ1n) is 7.24. The van der Waals surface area contributed by atoms with Crippen molar-refractivity contribution >= 4 is 17.6 Å². The van der Waals surface area contributed by atoms with Gasteiger partial charge in [0.05, 0.1) is 13.7 Å². The Morgan fingerprint density at radius 3 is 2.76 bits per heavy atom. The Hall–Kier alpha value is -1.10. The molecule has 0 radical (unpaired) electrons. The van der Waals surface area contributed by atoms with Gasteiger partial charge in [-0.2, -0.15) is 0 Å². The van der Waals surface area contributed by atoms with E-state index in [0.717, 1.165) is 48.7 Å². The molecule has 1 saturated heterocycles. The highest BCUT2D eigenvalue weighted by Gasteiger charge is 2.24. The normalized spacial score (nSPS) is 16.2. The zero-order valence-corrected chi connectivity index (χ0v) is 13.4. The average molecular weight is 312 g/mol. The maximum absolute atomic E-state index is 11.7. The van der Waals surface area contributed by atoms with E-state index in [1.807, 2.05) is 19.1 Å². The summed E-state index contributed by atoms with van der Waals surface area (Å²) in [5.74, 6) is -0.202. The smallest absolute Gasteiger partial charge is 0.319 e. The Morgan fingerprint density at radius 1 is 1.43 bits per heavy atom. The third-order valence-electron chi connectivity index (χ3n) is 3.88. The van der Waals surface area contributed by atoms with Crippen molar-refractivity contribution in [1.29, 1.82) is 0 Å². The van der Waals surface area contributed by atoms with Crippen LogP contribution < -0.4 is 0 Å². The van der Waals surface area contributed by atoms with Crippen LogP contribution in [0.3, 0.4) is 0 Å². The number of hydrogen-bond acceptors (Lipinski definition) is 4. The van der Waals surface area contributed by atoms with E-state index in [2.05, 4.69) is 11.0 Å². The van der Waals surface area contributed by atoms with E-state index >= 15 is 0 Å². The van der Waals surface area contributed by atoms with Gasteiger partial charge in [-0.15, -0.1) is 0 Å². The lowest BCUT2D eigenvalue weighted by Crippen LogP contribution is -2.42. The van der Waals surface area contributed by atoms with Crippen LogP contribution in [-0.2, 0) is 20.8 Å². The van der Waals surface area contributed by atoms with Crippen molar-refractivity contribution in [2.45, 2.75) is 32.4 Å². The predicted octanol–water partition coefficient (Wildman–Crippen LogP) is 2.80. The largest absolute Gasteiger partial charge is 0.468 e. The summed E-state index contributed by atoms with van der Waals surface area (Å²) in [6.07, 6.45) is 1.90. The van der Waals surface area contributed by atoms with E-state index < -0.39 is 0 Å². The summed E-state index contributed by atoms with van der Waals surface area (Å²) in [5.41, 5.74) is 2.21. The van der Waals surface area contributed by atoms with Crippen molar-refractivity contribution < 1.29 is 14.3 Å². The van der Waals surface area contributed by atoms with Gasteiger partial charge in [0.2, 0.25) is 0 Å². The number of hydrogen-bond donors (Lipinski definition) is 0. The molecule has 1 aliphatic rings. The van der Waals surface area contributed by atoms with Crippen molar-refractivity contribution in [2.24, 2.45) is 0 Å². The van der Waals surface area contributed by atoms with E-state index in [-0.39, 0.29) is 5.97 Å². The molecule has 0 bridgehead atoms. The summed E-state index contributed by atoms with van der Waals surface area (Å²) in [4.78, 5) is 13.8.